The van der Waals surface area contributed by atoms with Gasteiger partial charge in [-0.05, 0) is 38.1 Å². The van der Waals surface area contributed by atoms with Gasteiger partial charge in [0.05, 0.1) is 5.01 Å². The molecule has 1 aromatic carbocycles. The maximum Gasteiger partial charge on any atom is 0.275 e. The van der Waals surface area contributed by atoms with Crippen molar-refractivity contribution in [2.75, 3.05) is 18.4 Å². The van der Waals surface area contributed by atoms with E-state index < -0.39 is 17.5 Å². The van der Waals surface area contributed by atoms with Crippen molar-refractivity contribution < 1.29 is 13.6 Å². The maximum absolute atomic E-state index is 13.1. The molecule has 0 saturated carbocycles. The molecule has 2 heterocycles. The summed E-state index contributed by atoms with van der Waals surface area (Å²) in [6.45, 7) is 1.92. The highest BCUT2D eigenvalue weighted by Gasteiger charge is 2.20. The third-order valence-electron chi connectivity index (χ3n) is 3.62. The average molecular weight is 323 g/mol. The first-order valence-electron chi connectivity index (χ1n) is 7.06. The smallest absolute Gasteiger partial charge is 0.275 e. The van der Waals surface area contributed by atoms with Gasteiger partial charge in [0.25, 0.3) is 5.91 Å². The van der Waals surface area contributed by atoms with Crippen LogP contribution >= 0.6 is 11.3 Å². The Morgan fingerprint density at radius 2 is 2.05 bits per heavy atom. The van der Waals surface area contributed by atoms with Crippen LogP contribution in [-0.4, -0.2) is 24.0 Å². The second-order valence-electron chi connectivity index (χ2n) is 5.18. The normalized spacial score (nSPS) is 15.7. The van der Waals surface area contributed by atoms with Crippen molar-refractivity contribution in [2.24, 2.45) is 0 Å². The van der Waals surface area contributed by atoms with Gasteiger partial charge in [0.1, 0.15) is 5.69 Å². The molecule has 1 fully saturated rings. The van der Waals surface area contributed by atoms with Crippen molar-refractivity contribution in [1.82, 2.24) is 10.3 Å². The first-order valence-corrected chi connectivity index (χ1v) is 7.94. The number of thiazole rings is 1. The molecule has 0 bridgehead atoms. The van der Waals surface area contributed by atoms with Gasteiger partial charge in [0.15, 0.2) is 11.6 Å². The minimum absolute atomic E-state index is 0.209. The lowest BCUT2D eigenvalue weighted by Crippen LogP contribution is -2.26. The lowest BCUT2D eigenvalue weighted by Gasteiger charge is -2.20. The van der Waals surface area contributed by atoms with Crippen LogP contribution in [0.4, 0.5) is 14.5 Å². The van der Waals surface area contributed by atoms with E-state index in [1.165, 1.54) is 17.4 Å². The van der Waals surface area contributed by atoms with Crippen LogP contribution in [0.15, 0.2) is 23.6 Å². The molecule has 1 aliphatic rings. The van der Waals surface area contributed by atoms with Crippen LogP contribution in [0.3, 0.4) is 0 Å². The Kier molecular flexibility index (Phi) is 4.44. The molecular weight excluding hydrogens is 308 g/mol. The molecule has 0 spiro atoms. The van der Waals surface area contributed by atoms with Gasteiger partial charge < -0.3 is 10.6 Å². The molecule has 0 radical (unpaired) electrons. The van der Waals surface area contributed by atoms with Crippen molar-refractivity contribution in [3.8, 4) is 0 Å². The third kappa shape index (κ3) is 3.31. The van der Waals surface area contributed by atoms with E-state index in [9.17, 15) is 13.6 Å². The summed E-state index contributed by atoms with van der Waals surface area (Å²) < 4.78 is 26.0. The van der Waals surface area contributed by atoms with Crippen LogP contribution in [0.5, 0.6) is 0 Å². The van der Waals surface area contributed by atoms with Crippen LogP contribution in [0.2, 0.25) is 0 Å². The van der Waals surface area contributed by atoms with Gasteiger partial charge in [0.2, 0.25) is 0 Å². The fourth-order valence-corrected chi connectivity index (χ4v) is 3.39. The fourth-order valence-electron chi connectivity index (χ4n) is 2.42. The summed E-state index contributed by atoms with van der Waals surface area (Å²) in [5, 5.41) is 8.47. The zero-order valence-corrected chi connectivity index (χ0v) is 12.6. The van der Waals surface area contributed by atoms with E-state index in [0.717, 1.165) is 43.1 Å². The van der Waals surface area contributed by atoms with Gasteiger partial charge in [-0.25, -0.2) is 13.8 Å². The number of halogens is 2. The quantitative estimate of drug-likeness (QED) is 0.912. The van der Waals surface area contributed by atoms with Crippen molar-refractivity contribution in [1.29, 1.82) is 0 Å². The highest BCUT2D eigenvalue weighted by molar-refractivity contribution is 7.09. The highest BCUT2D eigenvalue weighted by atomic mass is 32.1. The molecule has 1 aromatic heterocycles. The number of rotatable bonds is 3. The Hall–Kier alpha value is -1.86. The highest BCUT2D eigenvalue weighted by Crippen LogP contribution is 2.28. The molecule has 4 nitrogen and oxygen atoms in total. The minimum atomic E-state index is -0.994. The number of nitrogens with one attached hydrogen (secondary N) is 2. The lowest BCUT2D eigenvalue weighted by atomic mass is 9.99. The van der Waals surface area contributed by atoms with E-state index in [4.69, 9.17) is 0 Å². The predicted octanol–water partition coefficient (Wildman–Crippen LogP) is 3.14. The first-order chi connectivity index (χ1) is 10.6. The molecule has 22 heavy (non-hydrogen) atoms. The van der Waals surface area contributed by atoms with E-state index >= 15 is 0 Å². The van der Waals surface area contributed by atoms with Crippen LogP contribution in [0.25, 0.3) is 0 Å². The van der Waals surface area contributed by atoms with Gasteiger partial charge in [-0.3, -0.25) is 4.79 Å². The Labute approximate surface area is 130 Å². The third-order valence-corrected chi connectivity index (χ3v) is 4.63. The number of piperidine rings is 1. The molecule has 0 atom stereocenters. The monoisotopic (exact) mass is 323 g/mol. The van der Waals surface area contributed by atoms with Crippen molar-refractivity contribution in [3.63, 3.8) is 0 Å². The van der Waals surface area contributed by atoms with E-state index in [1.54, 1.807) is 5.38 Å². The van der Waals surface area contributed by atoms with E-state index in [-0.39, 0.29) is 5.69 Å². The summed E-state index contributed by atoms with van der Waals surface area (Å²) in [4.78, 5) is 16.5. The SMILES string of the molecule is O=C(Nc1ccc(F)c(F)c1)c1csc(C2CCNCC2)n1. The Balaban J connectivity index is 1.69. The number of aromatic nitrogens is 1. The predicted molar refractivity (Wildman–Crippen MR) is 81.3 cm³/mol. The van der Waals surface area contributed by atoms with E-state index in [1.807, 2.05) is 0 Å². The van der Waals surface area contributed by atoms with Gasteiger partial charge in [-0.15, -0.1) is 11.3 Å². The number of hydrogen-bond donors (Lipinski definition) is 2. The van der Waals surface area contributed by atoms with Crippen LogP contribution in [0.1, 0.15) is 34.3 Å². The van der Waals surface area contributed by atoms with Crippen LogP contribution in [-0.2, 0) is 0 Å². The number of nitrogens with zero attached hydrogens (tertiary/aromatic N) is 1. The molecule has 1 amide bonds. The van der Waals surface area contributed by atoms with Crippen LogP contribution in [0, 0.1) is 11.6 Å². The van der Waals surface area contributed by atoms with Crippen LogP contribution < -0.4 is 10.6 Å². The summed E-state index contributed by atoms with van der Waals surface area (Å²) in [6.07, 6.45) is 2.02. The summed E-state index contributed by atoms with van der Waals surface area (Å²) in [7, 11) is 0. The Morgan fingerprint density at radius 1 is 1.27 bits per heavy atom. The van der Waals surface area contributed by atoms with Crippen molar-refractivity contribution >= 4 is 22.9 Å². The number of anilines is 1. The number of hydrogen-bond acceptors (Lipinski definition) is 4. The van der Waals surface area contributed by atoms with E-state index in [2.05, 4.69) is 15.6 Å². The second kappa shape index (κ2) is 6.50. The Bertz CT molecular complexity index is 683. The molecular formula is C15H15F2N3OS. The van der Waals surface area contributed by atoms with Gasteiger partial charge >= 0.3 is 0 Å². The molecule has 2 aromatic rings. The largest absolute Gasteiger partial charge is 0.321 e. The minimum Gasteiger partial charge on any atom is -0.321 e. The molecule has 1 aliphatic heterocycles. The topological polar surface area (TPSA) is 54.0 Å². The summed E-state index contributed by atoms with van der Waals surface area (Å²) in [6, 6.07) is 3.25. The Morgan fingerprint density at radius 3 is 2.77 bits per heavy atom. The van der Waals surface area contributed by atoms with Crippen molar-refractivity contribution in [3.05, 3.63) is 45.9 Å². The van der Waals surface area contributed by atoms with Gasteiger partial charge in [0, 0.05) is 23.1 Å². The van der Waals surface area contributed by atoms with E-state index in [0.29, 0.717) is 11.6 Å². The average Bonchev–Trinajstić information content (AvgIpc) is 3.02. The molecule has 0 unspecified atom stereocenters. The first kappa shape index (κ1) is 15.1. The number of amides is 1. The molecule has 0 aliphatic carbocycles. The van der Waals surface area contributed by atoms with Gasteiger partial charge in [-0.2, -0.15) is 0 Å². The maximum atomic E-state index is 13.1. The van der Waals surface area contributed by atoms with Crippen molar-refractivity contribution in [2.45, 2.75) is 18.8 Å². The molecule has 7 heteroatoms. The molecule has 116 valence electrons. The molecule has 1 saturated heterocycles. The number of benzene rings is 1. The zero-order chi connectivity index (χ0) is 15.5. The fraction of sp³-hybridized carbons (Fsp3) is 0.333. The number of carbonyl (C=O) groups excluding carboxylic acids is 1. The zero-order valence-electron chi connectivity index (χ0n) is 11.7. The standard InChI is InChI=1S/C15H15F2N3OS/c16-11-2-1-10(7-12(11)17)19-14(21)13-8-22-15(20-13)9-3-5-18-6-4-9/h1-2,7-9,18H,3-6H2,(H,19,21). The second-order valence-corrected chi connectivity index (χ2v) is 6.07. The summed E-state index contributed by atoms with van der Waals surface area (Å²) >= 11 is 1.47. The molecule has 3 rings (SSSR count). The molecule has 2 N–H and O–H groups in total. The summed E-state index contributed by atoms with van der Waals surface area (Å²) in [5.41, 5.74) is 0.517. The van der Waals surface area contributed by atoms with Gasteiger partial charge in [-0.1, -0.05) is 0 Å². The lowest BCUT2D eigenvalue weighted by molar-refractivity contribution is 0.102. The summed E-state index contributed by atoms with van der Waals surface area (Å²) in [5.74, 6) is -1.97. The number of carbonyl (C=O) groups is 1.